The number of nitrogens with zero attached hydrogens (tertiary/aromatic N) is 2. The highest BCUT2D eigenvalue weighted by Gasteiger charge is 2.50. The zero-order chi connectivity index (χ0) is 71.3. The number of rotatable bonds is 36. The van der Waals surface area contributed by atoms with Crippen LogP contribution in [0.4, 0.5) is 11.4 Å². The van der Waals surface area contributed by atoms with Gasteiger partial charge in [-0.1, -0.05) is 138 Å². The molecular weight excluding hydrogens is 1380 g/mol. The lowest BCUT2D eigenvalue weighted by molar-refractivity contribution is -0.946. The second-order valence-corrected chi connectivity index (χ2v) is 32.4. The van der Waals surface area contributed by atoms with E-state index in [1.54, 1.807) is 0 Å². The number of carbonyl (C=O) groups is 2. The predicted molar refractivity (Wildman–Crippen MR) is 402 cm³/mol. The summed E-state index contributed by atoms with van der Waals surface area (Å²) in [6, 6.07) is 26.4. The van der Waals surface area contributed by atoms with Gasteiger partial charge in [0, 0.05) is 73.9 Å². The van der Waals surface area contributed by atoms with Crippen LogP contribution in [0, 0.1) is 23.7 Å². The van der Waals surface area contributed by atoms with Crippen LogP contribution in [0.2, 0.25) is 0 Å². The van der Waals surface area contributed by atoms with Crippen LogP contribution in [-0.4, -0.2) is 188 Å². The zero-order valence-corrected chi connectivity index (χ0v) is 63.0. The number of benzene rings is 4. The van der Waals surface area contributed by atoms with Crippen LogP contribution in [0.1, 0.15) is 201 Å². The molecule has 4 bridgehead atoms. The van der Waals surface area contributed by atoms with E-state index in [-0.39, 0.29) is 77.6 Å². The van der Waals surface area contributed by atoms with Gasteiger partial charge in [-0.05, 0) is 112 Å². The zero-order valence-electron chi connectivity index (χ0n) is 60.5. The molecule has 8 aliphatic heterocycles. The molecule has 2 amide bonds. The summed E-state index contributed by atoms with van der Waals surface area (Å²) >= 11 is 0. The second-order valence-electron chi connectivity index (χ2n) is 30.9. The maximum atomic E-state index is 12.0. The lowest BCUT2D eigenvalue weighted by atomic mass is 9.80. The maximum Gasteiger partial charge on any atom is 0.262 e. The number of hydrogen-bond acceptors (Lipinski definition) is 16. The average molecular weight is 1510 g/mol. The molecule has 6 saturated heterocycles. The minimum atomic E-state index is -3.67. The number of hydrogen-bond donors (Lipinski definition) is 11. The third-order valence-corrected chi connectivity index (χ3v) is 23.5. The summed E-state index contributed by atoms with van der Waals surface area (Å²) in [5.74, 6) is 2.14. The van der Waals surface area contributed by atoms with Gasteiger partial charge in [0.1, 0.15) is 59.5 Å². The van der Waals surface area contributed by atoms with Gasteiger partial charge in [0.15, 0.2) is 13.2 Å². The van der Waals surface area contributed by atoms with E-state index in [0.29, 0.717) is 78.4 Å². The molecule has 10 aliphatic rings. The van der Waals surface area contributed by atoms with Crippen LogP contribution in [0.15, 0.2) is 84.9 Å². The van der Waals surface area contributed by atoms with Crippen LogP contribution in [0.3, 0.4) is 0 Å². The number of amides is 2. The van der Waals surface area contributed by atoms with E-state index < -0.39 is 33.5 Å². The highest BCUT2D eigenvalue weighted by molar-refractivity contribution is 8.93. The number of piperidine rings is 6. The Morgan fingerprint density at radius 2 is 0.863 bits per heavy atom. The first-order valence-electron chi connectivity index (χ1n) is 38.5. The Morgan fingerprint density at radius 1 is 0.529 bits per heavy atom. The molecule has 0 spiro atoms. The van der Waals surface area contributed by atoms with Gasteiger partial charge in [0.25, 0.3) is 21.9 Å². The van der Waals surface area contributed by atoms with E-state index in [0.717, 1.165) is 88.7 Å². The Bertz CT molecular complexity index is 3120. The van der Waals surface area contributed by atoms with Gasteiger partial charge < -0.3 is 79.8 Å². The van der Waals surface area contributed by atoms with E-state index in [9.17, 15) is 48.6 Å². The fraction of sp³-hybridized carbons (Fsp3) is 0.671. The summed E-state index contributed by atoms with van der Waals surface area (Å²) in [6.45, 7) is 12.9. The predicted octanol–water partition coefficient (Wildman–Crippen LogP) is 11.6. The third kappa shape index (κ3) is 23.0. The number of nitrogens with one attached hydrogen (secondary N) is 4. The first-order valence-corrected chi connectivity index (χ1v) is 40.3. The molecule has 6 atom stereocenters. The molecule has 102 heavy (non-hydrogen) atoms. The second kappa shape index (κ2) is 39.0. The van der Waals surface area contributed by atoms with Gasteiger partial charge in [-0.2, -0.15) is 8.42 Å². The minimum absolute atomic E-state index is 0. The highest BCUT2D eigenvalue weighted by atomic mass is 79.9. The molecular formula is C79H121BrN6O15S+2. The fourth-order valence-electron chi connectivity index (χ4n) is 17.8. The molecule has 2 aliphatic carbocycles. The van der Waals surface area contributed by atoms with Crippen molar-refractivity contribution in [3.63, 3.8) is 0 Å². The molecule has 11 N–H and O–H groups in total. The van der Waals surface area contributed by atoms with Crippen molar-refractivity contribution >= 4 is 50.3 Å². The standard InChI is InChI=1S/2C39H57N3O6.CH4O3S.BrH/c2*43-32-23-33(38-34(24-32)41-37(45)27-47-38)35(44)25-40-19-11-4-2-1-3-5-12-20-42-21-17-29(18-22-42)36(26-42)48-28-39(46,31-15-9-10-16-31)30-13-7-6-8-14-30;1-5(2,3)4;/h2*6-8,13-14,23-24,29,31,35-36,40,44,46H,1-5,9-12,15-22,25-28H2,(H-,41,43,45);1H3,(H,2,3,4);1H/p+2/t2*29?,35-,36-,39+,42?;;/m00../s1. The van der Waals surface area contributed by atoms with Gasteiger partial charge in [-0.15, -0.1) is 17.0 Å². The Labute approximate surface area is 616 Å². The number of phenolic OH excluding ortho intramolecular Hbond substituents is 2. The number of fused-ring (bicyclic) bond motifs is 8. The minimum Gasteiger partial charge on any atom is -0.508 e. The van der Waals surface area contributed by atoms with Crippen LogP contribution in [0.5, 0.6) is 23.0 Å². The molecule has 0 radical (unpaired) electrons. The van der Waals surface area contributed by atoms with Crippen molar-refractivity contribution in [1.82, 2.24) is 10.6 Å². The number of unbranched alkanes of at least 4 members (excludes halogenated alkanes) is 12. The molecule has 4 aromatic rings. The number of carbonyl (C=O) groups excluding carboxylic acids is 2. The van der Waals surface area contributed by atoms with Crippen molar-refractivity contribution in [2.24, 2.45) is 23.7 Å². The van der Waals surface area contributed by atoms with E-state index in [4.69, 9.17) is 23.5 Å². The molecule has 4 aromatic carbocycles. The largest absolute Gasteiger partial charge is 0.508 e. The first kappa shape index (κ1) is 81.1. The summed E-state index contributed by atoms with van der Waals surface area (Å²) in [5, 5.41) is 77.4. The number of aliphatic hydroxyl groups is 4. The molecule has 2 saturated carbocycles. The van der Waals surface area contributed by atoms with Crippen LogP contribution >= 0.6 is 17.0 Å². The van der Waals surface area contributed by atoms with E-state index in [1.807, 2.05) is 36.4 Å². The Hall–Kier alpha value is -4.99. The lowest BCUT2D eigenvalue weighted by Crippen LogP contribution is -2.64. The Morgan fingerprint density at radius 3 is 1.22 bits per heavy atom. The van der Waals surface area contributed by atoms with Gasteiger partial charge >= 0.3 is 0 Å². The van der Waals surface area contributed by atoms with Crippen molar-refractivity contribution in [3.8, 4) is 23.0 Å². The molecule has 568 valence electrons. The number of ether oxygens (including phenoxy) is 4. The van der Waals surface area contributed by atoms with Crippen LogP contribution in [-0.2, 0) is 40.4 Å². The summed E-state index contributed by atoms with van der Waals surface area (Å²) in [7, 11) is -3.67. The third-order valence-electron chi connectivity index (χ3n) is 23.5. The number of aliphatic hydroxyl groups excluding tert-OH is 2. The quantitative estimate of drug-likeness (QED) is 0.0115. The average Bonchev–Trinajstić information content (AvgIpc) is 0.890. The Kier molecular flexibility index (Phi) is 31.0. The van der Waals surface area contributed by atoms with Crippen molar-refractivity contribution in [1.29, 1.82) is 0 Å². The van der Waals surface area contributed by atoms with Crippen molar-refractivity contribution in [3.05, 3.63) is 107 Å². The molecule has 23 heteroatoms. The summed E-state index contributed by atoms with van der Waals surface area (Å²) in [5.41, 5.74) is 2.04. The fourth-order valence-corrected chi connectivity index (χ4v) is 17.8. The lowest BCUT2D eigenvalue weighted by Gasteiger charge is -2.53. The SMILES string of the molecule is Br.CS(=O)(=O)O.O=C1COc2c(cc(O)cc2[C@@H](O)CNCCCCCCCCC[N+]23CCC(CC2)[C@@H](OC[C@@](O)(c2ccccc2)C2CCCC2)C3)N1.O=C1COc2c(cc(O)cc2[C@@H](O)CNCCCCCCCCC[N+]23CCC(CC2)[C@@H](OC[C@@](O)(c2ccccc2)C2CCCC2)C3)N1. The summed E-state index contributed by atoms with van der Waals surface area (Å²) < 4.78 is 52.8. The van der Waals surface area contributed by atoms with Crippen molar-refractivity contribution in [2.75, 3.05) is 122 Å². The number of aromatic hydroxyl groups is 2. The molecule has 21 nitrogen and oxygen atoms in total. The maximum absolute atomic E-state index is 12.0. The van der Waals surface area contributed by atoms with Gasteiger partial charge in [0.2, 0.25) is 0 Å². The molecule has 8 fully saturated rings. The van der Waals surface area contributed by atoms with Gasteiger partial charge in [0.05, 0.1) is 82.3 Å². The van der Waals surface area contributed by atoms with Crippen molar-refractivity contribution in [2.45, 2.75) is 203 Å². The molecule has 0 aromatic heterocycles. The van der Waals surface area contributed by atoms with Crippen LogP contribution in [0.25, 0.3) is 0 Å². The Balaban J connectivity index is 0.000000220. The van der Waals surface area contributed by atoms with Gasteiger partial charge in [-0.25, -0.2) is 0 Å². The monoisotopic (exact) mass is 1500 g/mol. The van der Waals surface area contributed by atoms with E-state index in [2.05, 4.69) is 45.5 Å². The number of quaternary nitrogens is 2. The molecule has 8 heterocycles. The smallest absolute Gasteiger partial charge is 0.262 e. The first-order chi connectivity index (χ1) is 48.7. The van der Waals surface area contributed by atoms with E-state index >= 15 is 0 Å². The number of phenols is 2. The molecule has 14 rings (SSSR count). The summed E-state index contributed by atoms with van der Waals surface area (Å²) in [4.78, 5) is 23.2. The number of anilines is 2. The van der Waals surface area contributed by atoms with E-state index in [1.165, 1.54) is 188 Å². The van der Waals surface area contributed by atoms with Crippen LogP contribution < -0.4 is 30.7 Å². The van der Waals surface area contributed by atoms with Gasteiger partial charge in [-0.3, -0.25) is 14.1 Å². The summed E-state index contributed by atoms with van der Waals surface area (Å²) in [6.07, 6.45) is 30.8. The highest BCUT2D eigenvalue weighted by Crippen LogP contribution is 2.46. The topological polar surface area (TPSA) is 295 Å². The van der Waals surface area contributed by atoms with Crippen molar-refractivity contribution < 1.29 is 81.1 Å². The number of halogens is 1. The normalized spacial score (nSPS) is 24.7. The molecule has 0 unspecified atom stereocenters.